The second-order valence-corrected chi connectivity index (χ2v) is 7.26. The molecule has 3 aromatic rings. The number of aromatic nitrogens is 1. The molecule has 0 bridgehead atoms. The van der Waals surface area contributed by atoms with E-state index < -0.39 is 23.5 Å². The summed E-state index contributed by atoms with van der Waals surface area (Å²) in [5.74, 6) is -1.80. The topological polar surface area (TPSA) is 79.7 Å². The molecule has 1 N–H and O–H groups in total. The van der Waals surface area contributed by atoms with Crippen molar-refractivity contribution in [1.29, 1.82) is 0 Å². The van der Waals surface area contributed by atoms with Gasteiger partial charge in [0.2, 0.25) is 0 Å². The van der Waals surface area contributed by atoms with Crippen LogP contribution in [0.4, 0.5) is 4.39 Å². The summed E-state index contributed by atoms with van der Waals surface area (Å²) in [5.41, 5.74) is 1.37. The zero-order chi connectivity index (χ0) is 22.7. The van der Waals surface area contributed by atoms with Crippen molar-refractivity contribution >= 4 is 17.4 Å². The number of benzene rings is 2. The first-order chi connectivity index (χ1) is 15.5. The van der Waals surface area contributed by atoms with Crippen molar-refractivity contribution in [3.05, 3.63) is 101 Å². The third-order valence-corrected chi connectivity index (χ3v) is 5.20. The summed E-state index contributed by atoms with van der Waals surface area (Å²) in [4.78, 5) is 31.6. The number of ether oxygens (including phenoxy) is 1. The maximum atomic E-state index is 13.6. The molecule has 4 rings (SSSR count). The van der Waals surface area contributed by atoms with Gasteiger partial charge >= 0.3 is 0 Å². The van der Waals surface area contributed by atoms with Gasteiger partial charge in [0.05, 0.1) is 30.5 Å². The molecule has 162 valence electrons. The van der Waals surface area contributed by atoms with E-state index in [1.165, 1.54) is 29.2 Å². The van der Waals surface area contributed by atoms with E-state index >= 15 is 0 Å². The number of halogens is 1. The van der Waals surface area contributed by atoms with Crippen LogP contribution in [-0.2, 0) is 16.1 Å². The van der Waals surface area contributed by atoms with Gasteiger partial charge in [-0.2, -0.15) is 0 Å². The number of aliphatic hydroxyl groups is 1. The van der Waals surface area contributed by atoms with Gasteiger partial charge in [-0.15, -0.1) is 0 Å². The number of nitrogens with zero attached hydrogens (tertiary/aromatic N) is 2. The standard InChI is InChI=1S/C25H21FN2O4/c1-2-32-20-8-5-6-17(14-20)23(29)21-22(16-9-11-18(26)12-10-16)28(25(31)24(21)30)15-19-7-3-4-13-27-19/h3-14,22,29H,2,15H2,1H3/b23-21-. The van der Waals surface area contributed by atoms with Gasteiger partial charge in [0, 0.05) is 11.8 Å². The SMILES string of the molecule is CCOc1cccc(/C(O)=C2/C(=O)C(=O)N(Cc3ccccn3)C2c2ccc(F)cc2)c1. The lowest BCUT2D eigenvalue weighted by atomic mass is 9.95. The Morgan fingerprint density at radius 3 is 2.56 bits per heavy atom. The molecule has 1 unspecified atom stereocenters. The summed E-state index contributed by atoms with van der Waals surface area (Å²) in [6.45, 7) is 2.34. The Morgan fingerprint density at radius 2 is 1.88 bits per heavy atom. The zero-order valence-electron chi connectivity index (χ0n) is 17.4. The number of hydrogen-bond donors (Lipinski definition) is 1. The average Bonchev–Trinajstić information content (AvgIpc) is 3.05. The highest BCUT2D eigenvalue weighted by Crippen LogP contribution is 2.40. The summed E-state index contributed by atoms with van der Waals surface area (Å²) < 4.78 is 19.1. The van der Waals surface area contributed by atoms with Gasteiger partial charge in [0.25, 0.3) is 11.7 Å². The minimum Gasteiger partial charge on any atom is -0.507 e. The lowest BCUT2D eigenvalue weighted by molar-refractivity contribution is -0.140. The van der Waals surface area contributed by atoms with Crippen molar-refractivity contribution in [3.63, 3.8) is 0 Å². The van der Waals surface area contributed by atoms with Crippen LogP contribution in [0.2, 0.25) is 0 Å². The molecule has 1 saturated heterocycles. The highest BCUT2D eigenvalue weighted by atomic mass is 19.1. The minimum atomic E-state index is -0.895. The molecule has 0 saturated carbocycles. The lowest BCUT2D eigenvalue weighted by Gasteiger charge is -2.25. The predicted molar refractivity (Wildman–Crippen MR) is 116 cm³/mol. The molecule has 1 fully saturated rings. The van der Waals surface area contributed by atoms with E-state index in [1.54, 1.807) is 48.7 Å². The monoisotopic (exact) mass is 432 g/mol. The summed E-state index contributed by atoms with van der Waals surface area (Å²) in [7, 11) is 0. The highest BCUT2D eigenvalue weighted by molar-refractivity contribution is 6.46. The van der Waals surface area contributed by atoms with E-state index in [9.17, 15) is 19.1 Å². The Morgan fingerprint density at radius 1 is 1.09 bits per heavy atom. The molecule has 1 aliphatic rings. The second-order valence-electron chi connectivity index (χ2n) is 7.26. The van der Waals surface area contributed by atoms with Crippen LogP contribution < -0.4 is 4.74 Å². The van der Waals surface area contributed by atoms with Crippen molar-refractivity contribution in [3.8, 4) is 5.75 Å². The van der Waals surface area contributed by atoms with E-state index in [4.69, 9.17) is 4.74 Å². The van der Waals surface area contributed by atoms with Gasteiger partial charge in [-0.1, -0.05) is 30.3 Å². The number of pyridine rings is 1. The van der Waals surface area contributed by atoms with Crippen LogP contribution in [0.3, 0.4) is 0 Å². The third kappa shape index (κ3) is 4.09. The number of carbonyl (C=O) groups excluding carboxylic acids is 2. The second kappa shape index (κ2) is 9.01. The third-order valence-electron chi connectivity index (χ3n) is 5.20. The van der Waals surface area contributed by atoms with E-state index in [0.29, 0.717) is 29.2 Å². The number of aliphatic hydroxyl groups excluding tert-OH is 1. The zero-order valence-corrected chi connectivity index (χ0v) is 17.4. The van der Waals surface area contributed by atoms with Gasteiger partial charge in [-0.3, -0.25) is 14.6 Å². The van der Waals surface area contributed by atoms with Gasteiger partial charge in [-0.05, 0) is 48.9 Å². The van der Waals surface area contributed by atoms with E-state index in [2.05, 4.69) is 4.98 Å². The molecule has 7 heteroatoms. The average molecular weight is 432 g/mol. The molecule has 0 aliphatic carbocycles. The predicted octanol–water partition coefficient (Wildman–Crippen LogP) is 4.24. The van der Waals surface area contributed by atoms with Crippen molar-refractivity contribution in [2.45, 2.75) is 19.5 Å². The van der Waals surface area contributed by atoms with Crippen molar-refractivity contribution < 1.29 is 23.8 Å². The maximum absolute atomic E-state index is 13.6. The van der Waals surface area contributed by atoms with Gasteiger partial charge < -0.3 is 14.7 Å². The number of likely N-dealkylation sites (tertiary alicyclic amines) is 1. The molecule has 1 aromatic heterocycles. The first-order valence-corrected chi connectivity index (χ1v) is 10.2. The Hall–Kier alpha value is -4.00. The van der Waals surface area contributed by atoms with Crippen LogP contribution in [-0.4, -0.2) is 33.3 Å². The number of ketones is 1. The first kappa shape index (κ1) is 21.2. The normalized spacial score (nSPS) is 17.6. The fourth-order valence-corrected chi connectivity index (χ4v) is 3.76. The van der Waals surface area contributed by atoms with Gasteiger partial charge in [-0.25, -0.2) is 4.39 Å². The van der Waals surface area contributed by atoms with Crippen LogP contribution in [0.25, 0.3) is 5.76 Å². The Kier molecular flexibility index (Phi) is 5.98. The molecule has 1 aliphatic heterocycles. The van der Waals surface area contributed by atoms with Crippen LogP contribution in [0.15, 0.2) is 78.5 Å². The molecule has 0 spiro atoms. The molecule has 1 atom stereocenters. The van der Waals surface area contributed by atoms with E-state index in [0.717, 1.165) is 0 Å². The van der Waals surface area contributed by atoms with Crippen molar-refractivity contribution in [1.82, 2.24) is 9.88 Å². The molecule has 6 nitrogen and oxygen atoms in total. The minimum absolute atomic E-state index is 0.0588. The molecule has 2 aromatic carbocycles. The molecule has 1 amide bonds. The maximum Gasteiger partial charge on any atom is 0.296 e. The Balaban J connectivity index is 1.84. The highest BCUT2D eigenvalue weighted by Gasteiger charge is 2.46. The largest absolute Gasteiger partial charge is 0.507 e. The van der Waals surface area contributed by atoms with E-state index in [-0.39, 0.29) is 17.9 Å². The number of amides is 1. The summed E-state index contributed by atoms with van der Waals surface area (Å²) >= 11 is 0. The smallest absolute Gasteiger partial charge is 0.296 e. The summed E-state index contributed by atoms with van der Waals surface area (Å²) in [6, 6.07) is 16.6. The lowest BCUT2D eigenvalue weighted by Crippen LogP contribution is -2.29. The van der Waals surface area contributed by atoms with Crippen LogP contribution >= 0.6 is 0 Å². The summed E-state index contributed by atoms with van der Waals surface area (Å²) in [5, 5.41) is 11.1. The Labute approximate surface area is 184 Å². The molecular weight excluding hydrogens is 411 g/mol. The summed E-state index contributed by atoms with van der Waals surface area (Å²) in [6.07, 6.45) is 1.60. The molecule has 2 heterocycles. The quantitative estimate of drug-likeness (QED) is 0.358. The molecule has 0 radical (unpaired) electrons. The first-order valence-electron chi connectivity index (χ1n) is 10.2. The molecular formula is C25H21FN2O4. The fraction of sp³-hybridized carbons (Fsp3) is 0.160. The molecule has 32 heavy (non-hydrogen) atoms. The Bertz CT molecular complexity index is 1180. The fourth-order valence-electron chi connectivity index (χ4n) is 3.76. The van der Waals surface area contributed by atoms with Crippen molar-refractivity contribution in [2.24, 2.45) is 0 Å². The van der Waals surface area contributed by atoms with Crippen LogP contribution in [0.1, 0.15) is 29.8 Å². The number of Topliss-reactive ketones (excluding diaryl/α,β-unsaturated/α-hetero) is 1. The van der Waals surface area contributed by atoms with Crippen LogP contribution in [0.5, 0.6) is 5.75 Å². The van der Waals surface area contributed by atoms with E-state index in [1.807, 2.05) is 6.92 Å². The van der Waals surface area contributed by atoms with Gasteiger partial charge in [0.1, 0.15) is 17.3 Å². The number of carbonyl (C=O) groups is 2. The van der Waals surface area contributed by atoms with Crippen molar-refractivity contribution in [2.75, 3.05) is 6.61 Å². The van der Waals surface area contributed by atoms with Crippen LogP contribution in [0, 0.1) is 5.82 Å². The number of rotatable bonds is 6. The number of hydrogen-bond acceptors (Lipinski definition) is 5. The van der Waals surface area contributed by atoms with Gasteiger partial charge in [0.15, 0.2) is 0 Å².